The minimum Gasteiger partial charge on any atom is -0.488 e. The summed E-state index contributed by atoms with van der Waals surface area (Å²) in [6.07, 6.45) is 1.03. The summed E-state index contributed by atoms with van der Waals surface area (Å²) in [5, 5.41) is 0.505. The highest BCUT2D eigenvalue weighted by atomic mass is 32.1. The van der Waals surface area contributed by atoms with Crippen LogP contribution in [-0.4, -0.2) is 5.05 Å². The maximum absolute atomic E-state index is 5.92. The van der Waals surface area contributed by atoms with Gasteiger partial charge in [0.25, 0.3) is 0 Å². The Morgan fingerprint density at radius 1 is 1.10 bits per heavy atom. The summed E-state index contributed by atoms with van der Waals surface area (Å²) >= 11 is 5.00. The predicted octanol–water partition coefficient (Wildman–Crippen LogP) is 4.86. The van der Waals surface area contributed by atoms with Crippen molar-refractivity contribution in [1.29, 1.82) is 0 Å². The lowest BCUT2D eigenvalue weighted by Crippen LogP contribution is -2.04. The first-order chi connectivity index (χ1) is 10.1. The van der Waals surface area contributed by atoms with E-state index in [9.17, 15) is 0 Å². The van der Waals surface area contributed by atoms with E-state index in [-0.39, 0.29) is 0 Å². The number of thiocarbonyl (C=S) groups is 1. The molecule has 3 heteroatoms. The van der Waals surface area contributed by atoms with Gasteiger partial charge in [0.2, 0.25) is 0 Å². The van der Waals surface area contributed by atoms with Crippen LogP contribution in [0.1, 0.15) is 30.5 Å². The molecule has 0 bridgehead atoms. The SMILES string of the molecule is CCc1ccc(OCc2ccccc2OC(C)=S)c(C)c1. The highest BCUT2D eigenvalue weighted by Crippen LogP contribution is 2.24. The molecule has 0 fully saturated rings. The summed E-state index contributed by atoms with van der Waals surface area (Å²) in [4.78, 5) is 0. The predicted molar refractivity (Wildman–Crippen MR) is 90.2 cm³/mol. The number of aryl methyl sites for hydroxylation is 2. The van der Waals surface area contributed by atoms with Crippen molar-refractivity contribution in [3.05, 3.63) is 59.2 Å². The summed E-state index contributed by atoms with van der Waals surface area (Å²) in [5.74, 6) is 1.66. The molecule has 21 heavy (non-hydrogen) atoms. The van der Waals surface area contributed by atoms with E-state index in [2.05, 4.69) is 26.0 Å². The van der Waals surface area contributed by atoms with Crippen molar-refractivity contribution in [3.63, 3.8) is 0 Å². The van der Waals surface area contributed by atoms with E-state index in [4.69, 9.17) is 21.7 Å². The molecule has 0 unspecified atom stereocenters. The number of para-hydroxylation sites is 1. The molecule has 0 N–H and O–H groups in total. The van der Waals surface area contributed by atoms with Gasteiger partial charge in [-0.05, 0) is 48.8 Å². The molecule has 0 radical (unpaired) electrons. The second-order valence-electron chi connectivity index (χ2n) is 4.94. The average molecular weight is 300 g/mol. The highest BCUT2D eigenvalue weighted by Gasteiger charge is 2.06. The summed E-state index contributed by atoms with van der Waals surface area (Å²) in [7, 11) is 0. The number of hydrogen-bond donors (Lipinski definition) is 0. The molecule has 2 aromatic rings. The van der Waals surface area contributed by atoms with Crippen molar-refractivity contribution < 1.29 is 9.47 Å². The molecule has 110 valence electrons. The fourth-order valence-electron chi connectivity index (χ4n) is 2.13. The molecule has 0 aliphatic rings. The van der Waals surface area contributed by atoms with Gasteiger partial charge in [0.1, 0.15) is 18.1 Å². The number of benzene rings is 2. The first-order valence-electron chi connectivity index (χ1n) is 7.08. The van der Waals surface area contributed by atoms with Gasteiger partial charge in [-0.3, -0.25) is 0 Å². The van der Waals surface area contributed by atoms with Gasteiger partial charge in [0, 0.05) is 12.5 Å². The van der Waals surface area contributed by atoms with Crippen LogP contribution in [0.4, 0.5) is 0 Å². The Balaban J connectivity index is 2.11. The van der Waals surface area contributed by atoms with E-state index in [1.807, 2.05) is 30.3 Å². The van der Waals surface area contributed by atoms with Crippen LogP contribution in [0.2, 0.25) is 0 Å². The fraction of sp³-hybridized carbons (Fsp3) is 0.278. The molecule has 0 heterocycles. The van der Waals surface area contributed by atoms with Crippen molar-refractivity contribution in [1.82, 2.24) is 0 Å². The highest BCUT2D eigenvalue weighted by molar-refractivity contribution is 7.80. The van der Waals surface area contributed by atoms with Crippen LogP contribution in [0, 0.1) is 6.92 Å². The van der Waals surface area contributed by atoms with E-state index in [0.717, 1.165) is 29.0 Å². The van der Waals surface area contributed by atoms with E-state index < -0.39 is 0 Å². The molecular formula is C18H20O2S. The van der Waals surface area contributed by atoms with Crippen molar-refractivity contribution in [2.45, 2.75) is 33.8 Å². The Labute approximate surface area is 131 Å². The van der Waals surface area contributed by atoms with Gasteiger partial charge in [0.15, 0.2) is 5.05 Å². The smallest absolute Gasteiger partial charge is 0.164 e. The molecular weight excluding hydrogens is 280 g/mol. The molecule has 0 aliphatic carbocycles. The van der Waals surface area contributed by atoms with Crippen molar-refractivity contribution in [3.8, 4) is 11.5 Å². The van der Waals surface area contributed by atoms with Crippen LogP contribution < -0.4 is 9.47 Å². The van der Waals surface area contributed by atoms with Crippen LogP contribution in [0.5, 0.6) is 11.5 Å². The van der Waals surface area contributed by atoms with Crippen LogP contribution >= 0.6 is 12.2 Å². The summed E-state index contributed by atoms with van der Waals surface area (Å²) in [6.45, 7) is 6.44. The minimum atomic E-state index is 0.463. The van der Waals surface area contributed by atoms with Crippen LogP contribution in [0.25, 0.3) is 0 Å². The quantitative estimate of drug-likeness (QED) is 0.734. The van der Waals surface area contributed by atoms with Gasteiger partial charge in [-0.25, -0.2) is 0 Å². The number of rotatable bonds is 5. The van der Waals surface area contributed by atoms with Gasteiger partial charge in [-0.1, -0.05) is 37.3 Å². The summed E-state index contributed by atoms with van der Waals surface area (Å²) in [6, 6.07) is 14.1. The lowest BCUT2D eigenvalue weighted by atomic mass is 10.1. The largest absolute Gasteiger partial charge is 0.488 e. The Kier molecular flexibility index (Phi) is 5.34. The van der Waals surface area contributed by atoms with Crippen molar-refractivity contribution in [2.75, 3.05) is 0 Å². The summed E-state index contributed by atoms with van der Waals surface area (Å²) < 4.78 is 11.5. The fourth-order valence-corrected chi connectivity index (χ4v) is 2.22. The first kappa shape index (κ1) is 15.5. The topological polar surface area (TPSA) is 18.5 Å². The number of ether oxygens (including phenoxy) is 2. The van der Waals surface area contributed by atoms with Crippen molar-refractivity contribution >= 4 is 17.3 Å². The third-order valence-electron chi connectivity index (χ3n) is 3.26. The van der Waals surface area contributed by atoms with E-state index in [1.165, 1.54) is 5.56 Å². The molecule has 0 amide bonds. The van der Waals surface area contributed by atoms with Crippen LogP contribution in [0.15, 0.2) is 42.5 Å². The van der Waals surface area contributed by atoms with Crippen molar-refractivity contribution in [2.24, 2.45) is 0 Å². The molecule has 0 aromatic heterocycles. The van der Waals surface area contributed by atoms with Gasteiger partial charge < -0.3 is 9.47 Å². The molecule has 0 atom stereocenters. The van der Waals surface area contributed by atoms with Gasteiger partial charge in [-0.15, -0.1) is 0 Å². The monoisotopic (exact) mass is 300 g/mol. The zero-order valence-corrected chi connectivity index (χ0v) is 13.5. The Bertz CT molecular complexity index is 635. The average Bonchev–Trinajstić information content (AvgIpc) is 2.46. The maximum Gasteiger partial charge on any atom is 0.164 e. The second-order valence-corrected chi connectivity index (χ2v) is 5.52. The molecule has 2 aromatic carbocycles. The molecule has 2 rings (SSSR count). The normalized spacial score (nSPS) is 10.2. The lowest BCUT2D eigenvalue weighted by molar-refractivity contribution is 0.300. The maximum atomic E-state index is 5.92. The molecule has 0 aliphatic heterocycles. The zero-order chi connectivity index (χ0) is 15.2. The molecule has 0 saturated carbocycles. The Hall–Kier alpha value is -1.87. The van der Waals surface area contributed by atoms with Gasteiger partial charge >= 0.3 is 0 Å². The second kappa shape index (κ2) is 7.23. The van der Waals surface area contributed by atoms with Crippen LogP contribution in [0.3, 0.4) is 0 Å². The lowest BCUT2D eigenvalue weighted by Gasteiger charge is -2.13. The minimum absolute atomic E-state index is 0.463. The van der Waals surface area contributed by atoms with Gasteiger partial charge in [-0.2, -0.15) is 0 Å². The van der Waals surface area contributed by atoms with Crippen LogP contribution in [-0.2, 0) is 13.0 Å². The van der Waals surface area contributed by atoms with E-state index >= 15 is 0 Å². The first-order valence-corrected chi connectivity index (χ1v) is 7.49. The van der Waals surface area contributed by atoms with E-state index in [1.54, 1.807) is 6.92 Å². The number of hydrogen-bond acceptors (Lipinski definition) is 3. The molecule has 0 saturated heterocycles. The zero-order valence-electron chi connectivity index (χ0n) is 12.7. The molecule has 0 spiro atoms. The Morgan fingerprint density at radius 3 is 2.52 bits per heavy atom. The standard InChI is InChI=1S/C18H20O2S/c1-4-15-9-10-17(13(2)11-15)19-12-16-7-5-6-8-18(16)20-14(3)21/h5-11H,4,12H2,1-3H3. The van der Waals surface area contributed by atoms with Gasteiger partial charge in [0.05, 0.1) is 0 Å². The Morgan fingerprint density at radius 2 is 1.86 bits per heavy atom. The third kappa shape index (κ3) is 4.30. The van der Waals surface area contributed by atoms with E-state index in [0.29, 0.717) is 11.7 Å². The third-order valence-corrected chi connectivity index (χ3v) is 3.34. The molecule has 2 nitrogen and oxygen atoms in total. The summed E-state index contributed by atoms with van der Waals surface area (Å²) in [5.41, 5.74) is 3.46.